The van der Waals surface area contributed by atoms with Crippen LogP contribution in [-0.2, 0) is 11.3 Å². The lowest BCUT2D eigenvalue weighted by Crippen LogP contribution is -2.41. The Morgan fingerprint density at radius 1 is 1.19 bits per heavy atom. The van der Waals surface area contributed by atoms with Crippen LogP contribution >= 0.6 is 0 Å². The van der Waals surface area contributed by atoms with Gasteiger partial charge in [-0.25, -0.2) is 0 Å². The third-order valence-electron chi connectivity index (χ3n) is 4.08. The van der Waals surface area contributed by atoms with Crippen LogP contribution in [0.1, 0.15) is 37.7 Å². The van der Waals surface area contributed by atoms with Gasteiger partial charge < -0.3 is 16.0 Å². The first-order chi connectivity index (χ1) is 10.3. The van der Waals surface area contributed by atoms with Crippen LogP contribution in [0.3, 0.4) is 0 Å². The standard InChI is InChI=1S/C17H27N3O/c18-16(10-7-13-20-11-5-2-6-12-20)17(21)19-14-15-8-3-1-4-9-15/h1,3-4,8-9,16H,2,5-7,10-14,18H2,(H,19,21). The van der Waals surface area contributed by atoms with E-state index in [1.165, 1.54) is 32.4 Å². The van der Waals surface area contributed by atoms with Crippen molar-refractivity contribution < 1.29 is 4.79 Å². The van der Waals surface area contributed by atoms with E-state index in [1.807, 2.05) is 30.3 Å². The van der Waals surface area contributed by atoms with Crippen LogP contribution in [0, 0.1) is 0 Å². The van der Waals surface area contributed by atoms with E-state index in [0.29, 0.717) is 6.54 Å². The molecule has 1 amide bonds. The number of nitrogens with two attached hydrogens (primary N) is 1. The van der Waals surface area contributed by atoms with Crippen molar-refractivity contribution in [2.45, 2.75) is 44.7 Å². The van der Waals surface area contributed by atoms with E-state index in [0.717, 1.165) is 24.9 Å². The first-order valence-corrected chi connectivity index (χ1v) is 8.05. The lowest BCUT2D eigenvalue weighted by molar-refractivity contribution is -0.122. The van der Waals surface area contributed by atoms with Crippen molar-refractivity contribution in [1.29, 1.82) is 0 Å². The van der Waals surface area contributed by atoms with Gasteiger partial charge in [-0.15, -0.1) is 0 Å². The number of piperidine rings is 1. The van der Waals surface area contributed by atoms with Gasteiger partial charge in [0.15, 0.2) is 0 Å². The highest BCUT2D eigenvalue weighted by molar-refractivity contribution is 5.81. The van der Waals surface area contributed by atoms with Crippen molar-refractivity contribution in [3.63, 3.8) is 0 Å². The highest BCUT2D eigenvalue weighted by Gasteiger charge is 2.14. The zero-order valence-corrected chi connectivity index (χ0v) is 12.8. The van der Waals surface area contributed by atoms with E-state index in [4.69, 9.17) is 5.73 Å². The molecular weight excluding hydrogens is 262 g/mol. The maximum Gasteiger partial charge on any atom is 0.237 e. The summed E-state index contributed by atoms with van der Waals surface area (Å²) in [6.45, 7) is 4.03. The number of hydrogen-bond donors (Lipinski definition) is 2. The average Bonchev–Trinajstić information content (AvgIpc) is 2.54. The molecule has 1 saturated heterocycles. The number of benzene rings is 1. The Morgan fingerprint density at radius 2 is 1.90 bits per heavy atom. The molecule has 116 valence electrons. The summed E-state index contributed by atoms with van der Waals surface area (Å²) in [7, 11) is 0. The van der Waals surface area contributed by atoms with Crippen LogP contribution in [-0.4, -0.2) is 36.5 Å². The van der Waals surface area contributed by atoms with E-state index >= 15 is 0 Å². The van der Waals surface area contributed by atoms with Crippen LogP contribution < -0.4 is 11.1 Å². The van der Waals surface area contributed by atoms with Gasteiger partial charge in [0.1, 0.15) is 0 Å². The van der Waals surface area contributed by atoms with Crippen molar-refractivity contribution >= 4 is 5.91 Å². The number of likely N-dealkylation sites (tertiary alicyclic amines) is 1. The Labute approximate surface area is 127 Å². The van der Waals surface area contributed by atoms with Crippen molar-refractivity contribution in [3.8, 4) is 0 Å². The molecule has 0 spiro atoms. The first kappa shape index (κ1) is 16.0. The summed E-state index contributed by atoms with van der Waals surface area (Å²) in [4.78, 5) is 14.4. The quantitative estimate of drug-likeness (QED) is 0.806. The van der Waals surface area contributed by atoms with Crippen molar-refractivity contribution in [2.24, 2.45) is 5.73 Å². The zero-order chi connectivity index (χ0) is 14.9. The zero-order valence-electron chi connectivity index (χ0n) is 12.8. The third-order valence-corrected chi connectivity index (χ3v) is 4.08. The summed E-state index contributed by atoms with van der Waals surface area (Å²) in [5, 5.41) is 2.91. The van der Waals surface area contributed by atoms with E-state index in [9.17, 15) is 4.79 Å². The van der Waals surface area contributed by atoms with Crippen LogP contribution in [0.25, 0.3) is 0 Å². The predicted molar refractivity (Wildman–Crippen MR) is 85.8 cm³/mol. The van der Waals surface area contributed by atoms with Crippen molar-refractivity contribution in [1.82, 2.24) is 10.2 Å². The van der Waals surface area contributed by atoms with Crippen LogP contribution in [0.15, 0.2) is 30.3 Å². The topological polar surface area (TPSA) is 58.4 Å². The smallest absolute Gasteiger partial charge is 0.237 e. The lowest BCUT2D eigenvalue weighted by Gasteiger charge is -2.26. The summed E-state index contributed by atoms with van der Waals surface area (Å²) in [6, 6.07) is 9.53. The van der Waals surface area contributed by atoms with Crippen molar-refractivity contribution in [3.05, 3.63) is 35.9 Å². The summed E-state index contributed by atoms with van der Waals surface area (Å²) in [5.41, 5.74) is 7.07. The summed E-state index contributed by atoms with van der Waals surface area (Å²) in [6.07, 6.45) is 5.74. The molecule has 21 heavy (non-hydrogen) atoms. The molecule has 1 aliphatic heterocycles. The van der Waals surface area contributed by atoms with Gasteiger partial charge in [0.2, 0.25) is 5.91 Å². The highest BCUT2D eigenvalue weighted by atomic mass is 16.2. The van der Waals surface area contributed by atoms with Gasteiger partial charge in [0.05, 0.1) is 6.04 Å². The number of rotatable bonds is 7. The Hall–Kier alpha value is -1.39. The second-order valence-corrected chi connectivity index (χ2v) is 5.85. The molecule has 0 aromatic heterocycles. The monoisotopic (exact) mass is 289 g/mol. The van der Waals surface area contributed by atoms with Gasteiger partial charge >= 0.3 is 0 Å². The Balaban J connectivity index is 1.60. The second kappa shape index (κ2) is 8.80. The third kappa shape index (κ3) is 5.86. The normalized spacial score (nSPS) is 17.4. The minimum Gasteiger partial charge on any atom is -0.351 e. The minimum absolute atomic E-state index is 0.0440. The summed E-state index contributed by atoms with van der Waals surface area (Å²) in [5.74, 6) is -0.0440. The fourth-order valence-corrected chi connectivity index (χ4v) is 2.77. The largest absolute Gasteiger partial charge is 0.351 e. The number of hydrogen-bond acceptors (Lipinski definition) is 3. The Morgan fingerprint density at radius 3 is 2.62 bits per heavy atom. The Kier molecular flexibility index (Phi) is 6.70. The molecule has 1 heterocycles. The number of nitrogens with one attached hydrogen (secondary N) is 1. The van der Waals surface area contributed by atoms with Crippen molar-refractivity contribution in [2.75, 3.05) is 19.6 Å². The summed E-state index contributed by atoms with van der Waals surface area (Å²) >= 11 is 0. The molecule has 1 aromatic carbocycles. The van der Waals surface area contributed by atoms with Gasteiger partial charge in [-0.05, 0) is 50.9 Å². The number of carbonyl (C=O) groups excluding carboxylic acids is 1. The maximum absolute atomic E-state index is 11.9. The van der Waals surface area contributed by atoms with Gasteiger partial charge in [-0.3, -0.25) is 4.79 Å². The van der Waals surface area contributed by atoms with Gasteiger partial charge in [-0.1, -0.05) is 36.8 Å². The van der Waals surface area contributed by atoms with Crippen LogP contribution in [0.5, 0.6) is 0 Å². The molecule has 4 heteroatoms. The predicted octanol–water partition coefficient (Wildman–Crippen LogP) is 1.90. The molecule has 1 atom stereocenters. The van der Waals surface area contributed by atoms with Crippen LogP contribution in [0.4, 0.5) is 0 Å². The minimum atomic E-state index is -0.390. The molecule has 1 aromatic rings. The maximum atomic E-state index is 11.9. The lowest BCUT2D eigenvalue weighted by atomic mass is 10.1. The molecule has 4 nitrogen and oxygen atoms in total. The van der Waals surface area contributed by atoms with Gasteiger partial charge in [0, 0.05) is 6.54 Å². The number of amides is 1. The molecule has 1 aliphatic rings. The number of nitrogens with zero attached hydrogens (tertiary/aromatic N) is 1. The number of carbonyl (C=O) groups is 1. The highest BCUT2D eigenvalue weighted by Crippen LogP contribution is 2.09. The molecule has 2 rings (SSSR count). The fourth-order valence-electron chi connectivity index (χ4n) is 2.77. The van der Waals surface area contributed by atoms with E-state index in [2.05, 4.69) is 10.2 Å². The fraction of sp³-hybridized carbons (Fsp3) is 0.588. The van der Waals surface area contributed by atoms with E-state index in [1.54, 1.807) is 0 Å². The molecule has 0 aliphatic carbocycles. The molecule has 0 bridgehead atoms. The second-order valence-electron chi connectivity index (χ2n) is 5.85. The molecule has 1 unspecified atom stereocenters. The van der Waals surface area contributed by atoms with Gasteiger partial charge in [-0.2, -0.15) is 0 Å². The molecule has 0 radical (unpaired) electrons. The average molecular weight is 289 g/mol. The van der Waals surface area contributed by atoms with Crippen LogP contribution in [0.2, 0.25) is 0 Å². The molecule has 1 fully saturated rings. The molecular formula is C17H27N3O. The van der Waals surface area contributed by atoms with Gasteiger partial charge in [0.25, 0.3) is 0 Å². The summed E-state index contributed by atoms with van der Waals surface area (Å²) < 4.78 is 0. The van der Waals surface area contributed by atoms with E-state index in [-0.39, 0.29) is 5.91 Å². The molecule has 0 saturated carbocycles. The Bertz CT molecular complexity index is 415. The SMILES string of the molecule is NC(CCCN1CCCCC1)C(=O)NCc1ccccc1. The molecule has 3 N–H and O–H groups in total. The first-order valence-electron chi connectivity index (χ1n) is 8.05. The van der Waals surface area contributed by atoms with E-state index < -0.39 is 6.04 Å².